The highest BCUT2D eigenvalue weighted by Crippen LogP contribution is 2.32. The standard InChI is InChI=1S/C21H26N4O2S/c1-15-6-7-18(16(2)13-15)28-20-17(5-4-8-23-20)21(27)25-11-9-24(10-12-25)14-19(26)22-3/h4-8,13H,9-12,14H2,1-3H3,(H,22,26). The van der Waals surface area contributed by atoms with E-state index in [1.54, 1.807) is 19.3 Å². The lowest BCUT2D eigenvalue weighted by Gasteiger charge is -2.34. The number of rotatable bonds is 5. The number of hydrogen-bond acceptors (Lipinski definition) is 5. The van der Waals surface area contributed by atoms with E-state index in [9.17, 15) is 9.59 Å². The predicted molar refractivity (Wildman–Crippen MR) is 111 cm³/mol. The van der Waals surface area contributed by atoms with Crippen LogP contribution in [0.25, 0.3) is 0 Å². The molecule has 2 aromatic rings. The number of nitrogens with zero attached hydrogens (tertiary/aromatic N) is 3. The molecule has 1 aliphatic heterocycles. The smallest absolute Gasteiger partial charge is 0.256 e. The van der Waals surface area contributed by atoms with E-state index in [-0.39, 0.29) is 11.8 Å². The second kappa shape index (κ2) is 9.21. The fourth-order valence-corrected chi connectivity index (χ4v) is 4.16. The van der Waals surface area contributed by atoms with Crippen LogP contribution < -0.4 is 5.32 Å². The van der Waals surface area contributed by atoms with Crippen molar-refractivity contribution < 1.29 is 9.59 Å². The first-order valence-electron chi connectivity index (χ1n) is 9.40. The minimum absolute atomic E-state index is 0.0000391. The molecule has 1 aromatic carbocycles. The Balaban J connectivity index is 1.70. The zero-order chi connectivity index (χ0) is 20.1. The van der Waals surface area contributed by atoms with Crippen LogP contribution in [-0.2, 0) is 4.79 Å². The van der Waals surface area contributed by atoms with E-state index in [0.29, 0.717) is 38.3 Å². The number of aromatic nitrogens is 1. The summed E-state index contributed by atoms with van der Waals surface area (Å²) in [6.07, 6.45) is 1.73. The van der Waals surface area contributed by atoms with Crippen LogP contribution in [0.2, 0.25) is 0 Å². The molecule has 3 rings (SSSR count). The summed E-state index contributed by atoms with van der Waals surface area (Å²) in [6.45, 7) is 7.13. The average Bonchev–Trinajstić information content (AvgIpc) is 2.70. The molecule has 0 saturated carbocycles. The Hall–Kier alpha value is -2.38. The van der Waals surface area contributed by atoms with E-state index >= 15 is 0 Å². The second-order valence-corrected chi connectivity index (χ2v) is 8.00. The molecule has 0 spiro atoms. The minimum atomic E-state index is -0.000750. The van der Waals surface area contributed by atoms with Crippen LogP contribution in [-0.4, -0.2) is 66.4 Å². The number of nitrogens with one attached hydrogen (secondary N) is 1. The van der Waals surface area contributed by atoms with Gasteiger partial charge in [0.15, 0.2) is 0 Å². The molecule has 1 aromatic heterocycles. The first-order chi connectivity index (χ1) is 13.5. The number of aryl methyl sites for hydroxylation is 2. The molecule has 0 bridgehead atoms. The number of piperazine rings is 1. The van der Waals surface area contributed by atoms with E-state index in [4.69, 9.17) is 0 Å². The summed E-state index contributed by atoms with van der Waals surface area (Å²) in [6, 6.07) is 9.94. The van der Waals surface area contributed by atoms with Crippen molar-refractivity contribution in [1.82, 2.24) is 20.1 Å². The Morgan fingerprint density at radius 3 is 2.57 bits per heavy atom. The summed E-state index contributed by atoms with van der Waals surface area (Å²) < 4.78 is 0. The molecule has 7 heteroatoms. The lowest BCUT2D eigenvalue weighted by atomic mass is 10.2. The Morgan fingerprint density at radius 2 is 1.89 bits per heavy atom. The van der Waals surface area contributed by atoms with Crippen molar-refractivity contribution in [2.75, 3.05) is 39.8 Å². The van der Waals surface area contributed by atoms with Gasteiger partial charge in [-0.25, -0.2) is 4.98 Å². The largest absolute Gasteiger partial charge is 0.358 e. The van der Waals surface area contributed by atoms with Gasteiger partial charge >= 0.3 is 0 Å². The fraction of sp³-hybridized carbons (Fsp3) is 0.381. The summed E-state index contributed by atoms with van der Waals surface area (Å²) in [7, 11) is 1.64. The van der Waals surface area contributed by atoms with E-state index in [0.717, 1.165) is 9.92 Å². The molecule has 1 N–H and O–H groups in total. The van der Waals surface area contributed by atoms with Gasteiger partial charge in [0.1, 0.15) is 5.03 Å². The van der Waals surface area contributed by atoms with Gasteiger partial charge in [0.2, 0.25) is 5.91 Å². The van der Waals surface area contributed by atoms with E-state index < -0.39 is 0 Å². The molecule has 28 heavy (non-hydrogen) atoms. The summed E-state index contributed by atoms with van der Waals surface area (Å²) >= 11 is 1.53. The number of pyridine rings is 1. The third-order valence-corrected chi connectivity index (χ3v) is 6.04. The van der Waals surface area contributed by atoms with Crippen molar-refractivity contribution in [2.45, 2.75) is 23.8 Å². The van der Waals surface area contributed by atoms with Crippen LogP contribution >= 0.6 is 11.8 Å². The molecule has 1 saturated heterocycles. The van der Waals surface area contributed by atoms with Crippen LogP contribution in [0.4, 0.5) is 0 Å². The number of hydrogen-bond donors (Lipinski definition) is 1. The Labute approximate surface area is 170 Å². The van der Waals surface area contributed by atoms with Gasteiger partial charge in [-0.2, -0.15) is 0 Å². The predicted octanol–water partition coefficient (Wildman–Crippen LogP) is 2.35. The van der Waals surface area contributed by atoms with Gasteiger partial charge in [0, 0.05) is 44.3 Å². The maximum atomic E-state index is 13.1. The van der Waals surface area contributed by atoms with Crippen LogP contribution in [0.1, 0.15) is 21.5 Å². The third kappa shape index (κ3) is 4.91. The van der Waals surface area contributed by atoms with E-state index in [1.807, 2.05) is 11.0 Å². The van der Waals surface area contributed by atoms with E-state index in [2.05, 4.69) is 47.2 Å². The van der Waals surface area contributed by atoms with Crippen molar-refractivity contribution in [3.05, 3.63) is 53.2 Å². The highest BCUT2D eigenvalue weighted by atomic mass is 32.2. The Kier molecular flexibility index (Phi) is 6.70. The molecular weight excluding hydrogens is 372 g/mol. The topological polar surface area (TPSA) is 65.5 Å². The first-order valence-corrected chi connectivity index (χ1v) is 10.2. The summed E-state index contributed by atoms with van der Waals surface area (Å²) in [5.74, 6) is -0.000789. The maximum Gasteiger partial charge on any atom is 0.256 e. The number of carbonyl (C=O) groups is 2. The van der Waals surface area contributed by atoms with Crippen molar-refractivity contribution in [1.29, 1.82) is 0 Å². The molecule has 0 aliphatic carbocycles. The molecule has 0 radical (unpaired) electrons. The molecular formula is C21H26N4O2S. The van der Waals surface area contributed by atoms with Crippen molar-refractivity contribution in [2.24, 2.45) is 0 Å². The van der Waals surface area contributed by atoms with Gasteiger partial charge in [-0.05, 0) is 37.6 Å². The van der Waals surface area contributed by atoms with Gasteiger partial charge in [0.25, 0.3) is 5.91 Å². The molecule has 2 heterocycles. The second-order valence-electron chi connectivity index (χ2n) is 6.97. The molecule has 6 nitrogen and oxygen atoms in total. The quantitative estimate of drug-likeness (QED) is 0.838. The lowest BCUT2D eigenvalue weighted by molar-refractivity contribution is -0.122. The molecule has 1 fully saturated rings. The number of carbonyl (C=O) groups excluding carboxylic acids is 2. The summed E-state index contributed by atoms with van der Waals surface area (Å²) in [4.78, 5) is 34.1. The number of amides is 2. The maximum absolute atomic E-state index is 13.1. The van der Waals surface area contributed by atoms with E-state index in [1.165, 1.54) is 22.9 Å². The van der Waals surface area contributed by atoms with Gasteiger partial charge in [-0.15, -0.1) is 0 Å². The van der Waals surface area contributed by atoms with Gasteiger partial charge in [-0.1, -0.05) is 29.5 Å². The van der Waals surface area contributed by atoms with Crippen molar-refractivity contribution in [3.8, 4) is 0 Å². The van der Waals surface area contributed by atoms with Gasteiger partial charge in [0.05, 0.1) is 12.1 Å². The normalized spacial score (nSPS) is 14.8. The molecule has 0 unspecified atom stereocenters. The molecule has 0 atom stereocenters. The Bertz CT molecular complexity index is 863. The van der Waals surface area contributed by atoms with Gasteiger partial charge in [-0.3, -0.25) is 14.5 Å². The van der Waals surface area contributed by atoms with Crippen LogP contribution in [0.3, 0.4) is 0 Å². The third-order valence-electron chi connectivity index (χ3n) is 4.84. The average molecular weight is 399 g/mol. The monoisotopic (exact) mass is 398 g/mol. The lowest BCUT2D eigenvalue weighted by Crippen LogP contribution is -2.51. The zero-order valence-electron chi connectivity index (χ0n) is 16.6. The van der Waals surface area contributed by atoms with Crippen molar-refractivity contribution in [3.63, 3.8) is 0 Å². The molecule has 148 valence electrons. The summed E-state index contributed by atoms with van der Waals surface area (Å²) in [5, 5.41) is 3.37. The van der Waals surface area contributed by atoms with Crippen LogP contribution in [0.15, 0.2) is 46.5 Å². The number of likely N-dealkylation sites (N-methyl/N-ethyl adjacent to an activating group) is 1. The highest BCUT2D eigenvalue weighted by Gasteiger charge is 2.25. The first kappa shape index (κ1) is 20.4. The van der Waals surface area contributed by atoms with Crippen molar-refractivity contribution >= 4 is 23.6 Å². The zero-order valence-corrected chi connectivity index (χ0v) is 17.4. The SMILES string of the molecule is CNC(=O)CN1CCN(C(=O)c2cccnc2Sc2ccc(C)cc2C)CC1. The van der Waals surface area contributed by atoms with Gasteiger partial charge < -0.3 is 10.2 Å². The molecule has 2 amide bonds. The molecule has 1 aliphatic rings. The number of benzene rings is 1. The summed E-state index contributed by atoms with van der Waals surface area (Å²) in [5.41, 5.74) is 3.03. The Morgan fingerprint density at radius 1 is 1.14 bits per heavy atom. The fourth-order valence-electron chi connectivity index (χ4n) is 3.21. The highest BCUT2D eigenvalue weighted by molar-refractivity contribution is 7.99. The minimum Gasteiger partial charge on any atom is -0.358 e. The van der Waals surface area contributed by atoms with Crippen LogP contribution in [0.5, 0.6) is 0 Å². The van der Waals surface area contributed by atoms with Crippen LogP contribution in [0, 0.1) is 13.8 Å².